The Morgan fingerprint density at radius 2 is 1.85 bits per heavy atom. The molecule has 8 heteroatoms. The number of aryl methyl sites for hydroxylation is 1. The Balaban J connectivity index is 1.88. The fourth-order valence-corrected chi connectivity index (χ4v) is 3.53. The minimum absolute atomic E-state index is 0.298. The van der Waals surface area contributed by atoms with Crippen molar-refractivity contribution in [3.63, 3.8) is 0 Å². The van der Waals surface area contributed by atoms with E-state index in [1.807, 2.05) is 9.47 Å². The van der Waals surface area contributed by atoms with Crippen LogP contribution in [0.2, 0.25) is 0 Å². The zero-order valence-electron chi connectivity index (χ0n) is 15.6. The Bertz CT molecular complexity index is 1120. The lowest BCUT2D eigenvalue weighted by Crippen LogP contribution is -2.40. The Morgan fingerprint density at radius 3 is 2.52 bits per heavy atom. The van der Waals surface area contributed by atoms with Crippen LogP contribution in [0.3, 0.4) is 0 Å². The van der Waals surface area contributed by atoms with Crippen molar-refractivity contribution in [1.82, 2.24) is 18.7 Å². The van der Waals surface area contributed by atoms with Crippen LogP contribution in [0.5, 0.6) is 0 Å². The fourth-order valence-electron chi connectivity index (χ4n) is 3.53. The zero-order chi connectivity index (χ0) is 19.3. The molecule has 3 heterocycles. The van der Waals surface area contributed by atoms with Gasteiger partial charge in [-0.2, -0.15) is 4.98 Å². The molecule has 0 fully saturated rings. The highest BCUT2D eigenvalue weighted by Gasteiger charge is 2.28. The van der Waals surface area contributed by atoms with Crippen LogP contribution in [0.1, 0.15) is 20.3 Å². The van der Waals surface area contributed by atoms with Crippen molar-refractivity contribution in [3.8, 4) is 0 Å². The average molecular weight is 371 g/mol. The van der Waals surface area contributed by atoms with Crippen LogP contribution in [-0.4, -0.2) is 25.2 Å². The first kappa shape index (κ1) is 17.5. The summed E-state index contributed by atoms with van der Waals surface area (Å²) in [6.45, 7) is 5.73. The molecule has 4 rings (SSSR count). The first-order valence-corrected chi connectivity index (χ1v) is 9.11. The number of rotatable bonds is 4. The van der Waals surface area contributed by atoms with Crippen LogP contribution in [-0.2, 0) is 20.1 Å². The second kappa shape index (κ2) is 6.37. The van der Waals surface area contributed by atoms with Gasteiger partial charge in [-0.05, 0) is 36.6 Å². The molecule has 0 bridgehead atoms. The van der Waals surface area contributed by atoms with Crippen LogP contribution in [0.4, 0.5) is 16.0 Å². The van der Waals surface area contributed by atoms with Crippen molar-refractivity contribution in [2.75, 3.05) is 11.4 Å². The summed E-state index contributed by atoms with van der Waals surface area (Å²) in [5.41, 5.74) is 0.982. The molecule has 1 aliphatic heterocycles. The minimum atomic E-state index is -0.349. The first-order valence-electron chi connectivity index (χ1n) is 9.11. The van der Waals surface area contributed by atoms with Gasteiger partial charge in [0.05, 0.1) is 0 Å². The summed E-state index contributed by atoms with van der Waals surface area (Å²) in [6, 6.07) is 6.17. The number of anilines is 2. The van der Waals surface area contributed by atoms with Gasteiger partial charge in [0, 0.05) is 32.4 Å². The number of hydrogen-bond acceptors (Lipinski definition) is 4. The summed E-state index contributed by atoms with van der Waals surface area (Å²) in [6.07, 6.45) is 0.753. The molecule has 0 saturated carbocycles. The molecule has 0 amide bonds. The lowest BCUT2D eigenvalue weighted by atomic mass is 10.1. The summed E-state index contributed by atoms with van der Waals surface area (Å²) in [7, 11) is 1.64. The number of fused-ring (bicyclic) bond motifs is 3. The first-order chi connectivity index (χ1) is 12.9. The quantitative estimate of drug-likeness (QED) is 0.706. The summed E-state index contributed by atoms with van der Waals surface area (Å²) in [5, 5.41) is 0. The van der Waals surface area contributed by atoms with Gasteiger partial charge in [0.25, 0.3) is 5.56 Å². The molecule has 0 unspecified atom stereocenters. The standard InChI is InChI=1S/C19H22FN5O2/c1-12(2)8-9-25-17(26)15-16(22(3)19(25)27)21-18-23(10-11-24(15)18)14-6-4-13(20)5-7-14/h4-7,12H,8-11H2,1-3H3. The van der Waals surface area contributed by atoms with Crippen molar-refractivity contribution in [2.24, 2.45) is 13.0 Å². The lowest BCUT2D eigenvalue weighted by Gasteiger charge is -2.15. The largest absolute Gasteiger partial charge is 0.332 e. The van der Waals surface area contributed by atoms with E-state index in [9.17, 15) is 14.0 Å². The Hall–Kier alpha value is -2.90. The molecule has 27 heavy (non-hydrogen) atoms. The Morgan fingerprint density at radius 1 is 1.15 bits per heavy atom. The van der Waals surface area contributed by atoms with Gasteiger partial charge in [0.2, 0.25) is 5.95 Å². The van der Waals surface area contributed by atoms with Gasteiger partial charge in [0.1, 0.15) is 5.82 Å². The van der Waals surface area contributed by atoms with Crippen molar-refractivity contribution >= 4 is 22.8 Å². The molecule has 0 atom stereocenters. The highest BCUT2D eigenvalue weighted by Crippen LogP contribution is 2.31. The van der Waals surface area contributed by atoms with Crippen LogP contribution < -0.4 is 16.1 Å². The molecule has 0 spiro atoms. The van der Waals surface area contributed by atoms with Gasteiger partial charge in [-0.25, -0.2) is 9.18 Å². The van der Waals surface area contributed by atoms with E-state index in [4.69, 9.17) is 0 Å². The van der Waals surface area contributed by atoms with Gasteiger partial charge in [-0.3, -0.25) is 13.9 Å². The number of nitrogens with zero attached hydrogens (tertiary/aromatic N) is 5. The molecule has 0 radical (unpaired) electrons. The number of halogens is 1. The molecule has 3 aromatic rings. The Labute approximate surface area is 155 Å². The topological polar surface area (TPSA) is 65.1 Å². The monoisotopic (exact) mass is 371 g/mol. The molecule has 142 valence electrons. The van der Waals surface area contributed by atoms with Crippen molar-refractivity contribution in [3.05, 3.63) is 50.9 Å². The third-order valence-corrected chi connectivity index (χ3v) is 5.07. The second-order valence-corrected chi connectivity index (χ2v) is 7.34. The molecular formula is C19H22FN5O2. The van der Waals surface area contributed by atoms with E-state index >= 15 is 0 Å². The maximum absolute atomic E-state index is 13.2. The normalized spacial score (nSPS) is 13.7. The van der Waals surface area contributed by atoms with E-state index < -0.39 is 0 Å². The van der Waals surface area contributed by atoms with Gasteiger partial charge >= 0.3 is 5.69 Å². The predicted octanol–water partition coefficient (Wildman–Crippen LogP) is 2.23. The molecule has 1 aliphatic rings. The smallest absolute Gasteiger partial charge is 0.310 e. The van der Waals surface area contributed by atoms with E-state index in [0.717, 1.165) is 12.1 Å². The summed E-state index contributed by atoms with van der Waals surface area (Å²) in [5.74, 6) is 0.689. The fraction of sp³-hybridized carbons (Fsp3) is 0.421. The summed E-state index contributed by atoms with van der Waals surface area (Å²) >= 11 is 0. The van der Waals surface area contributed by atoms with Crippen LogP contribution in [0, 0.1) is 11.7 Å². The number of benzene rings is 1. The van der Waals surface area contributed by atoms with Crippen LogP contribution >= 0.6 is 0 Å². The van der Waals surface area contributed by atoms with Gasteiger partial charge in [0.15, 0.2) is 11.2 Å². The lowest BCUT2D eigenvalue weighted by molar-refractivity contribution is 0.487. The summed E-state index contributed by atoms with van der Waals surface area (Å²) in [4.78, 5) is 32.2. The predicted molar refractivity (Wildman–Crippen MR) is 102 cm³/mol. The van der Waals surface area contributed by atoms with E-state index in [-0.39, 0.29) is 17.1 Å². The van der Waals surface area contributed by atoms with Gasteiger partial charge in [-0.15, -0.1) is 0 Å². The SMILES string of the molecule is CC(C)CCn1c(=O)c2c(nc3n2CCN3c2ccc(F)cc2)n(C)c1=O. The Kier molecular flexibility index (Phi) is 4.13. The van der Waals surface area contributed by atoms with Gasteiger partial charge < -0.3 is 9.47 Å². The van der Waals surface area contributed by atoms with Gasteiger partial charge in [-0.1, -0.05) is 13.8 Å². The molecule has 0 saturated heterocycles. The minimum Gasteiger partial charge on any atom is -0.310 e. The number of aromatic nitrogens is 4. The highest BCUT2D eigenvalue weighted by atomic mass is 19.1. The van der Waals surface area contributed by atoms with E-state index in [2.05, 4.69) is 18.8 Å². The average Bonchev–Trinajstić information content (AvgIpc) is 3.19. The molecule has 0 aliphatic carbocycles. The maximum atomic E-state index is 13.2. The number of imidazole rings is 1. The van der Waals surface area contributed by atoms with E-state index in [1.54, 1.807) is 19.2 Å². The highest BCUT2D eigenvalue weighted by molar-refractivity contribution is 5.77. The maximum Gasteiger partial charge on any atom is 0.332 e. The van der Waals surface area contributed by atoms with Crippen LogP contribution in [0.25, 0.3) is 11.2 Å². The van der Waals surface area contributed by atoms with Crippen molar-refractivity contribution in [1.29, 1.82) is 0 Å². The molecule has 7 nitrogen and oxygen atoms in total. The van der Waals surface area contributed by atoms with Crippen LogP contribution in [0.15, 0.2) is 33.9 Å². The molecule has 1 aromatic carbocycles. The molecular weight excluding hydrogens is 349 g/mol. The third-order valence-electron chi connectivity index (χ3n) is 5.07. The summed E-state index contributed by atoms with van der Waals surface area (Å²) < 4.78 is 17.8. The third kappa shape index (κ3) is 2.75. The van der Waals surface area contributed by atoms with Crippen molar-refractivity contribution in [2.45, 2.75) is 33.4 Å². The molecule has 2 aromatic heterocycles. The van der Waals surface area contributed by atoms with Crippen molar-refractivity contribution < 1.29 is 4.39 Å². The zero-order valence-corrected chi connectivity index (χ0v) is 15.6. The molecule has 0 N–H and O–H groups in total. The van der Waals surface area contributed by atoms with E-state index in [0.29, 0.717) is 42.7 Å². The number of hydrogen-bond donors (Lipinski definition) is 0. The van der Waals surface area contributed by atoms with E-state index in [1.165, 1.54) is 21.3 Å². The second-order valence-electron chi connectivity index (χ2n) is 7.34.